The zero-order chi connectivity index (χ0) is 27.8. The third kappa shape index (κ3) is 4.60. The lowest BCUT2D eigenvalue weighted by atomic mass is 9.99. The summed E-state index contributed by atoms with van der Waals surface area (Å²) in [6.07, 6.45) is 4.28. The van der Waals surface area contributed by atoms with E-state index in [2.05, 4.69) is 163 Å². The normalized spacial score (nSPS) is 11.8. The summed E-state index contributed by atoms with van der Waals surface area (Å²) in [6, 6.07) is 47.3. The highest BCUT2D eigenvalue weighted by molar-refractivity contribution is 6.01. The van der Waals surface area contributed by atoms with Crippen molar-refractivity contribution in [3.05, 3.63) is 157 Å². The Kier molecular flexibility index (Phi) is 6.22. The molecule has 0 fully saturated rings. The second-order valence-corrected chi connectivity index (χ2v) is 10.5. The van der Waals surface area contributed by atoms with Crippen LogP contribution in [-0.4, -0.2) is 4.57 Å². The third-order valence-corrected chi connectivity index (χ3v) is 7.86. The molecule has 0 aliphatic heterocycles. The van der Waals surface area contributed by atoms with E-state index in [0.717, 1.165) is 33.8 Å². The van der Waals surface area contributed by atoms with Gasteiger partial charge in [-0.2, -0.15) is 0 Å². The van der Waals surface area contributed by atoms with E-state index in [0.29, 0.717) is 0 Å². The topological polar surface area (TPSA) is 17.0 Å². The van der Waals surface area contributed by atoms with Gasteiger partial charge in [-0.1, -0.05) is 91.5 Å². The maximum absolute atomic E-state index is 4.25. The largest absolute Gasteiger partial charge is 0.355 e. The van der Waals surface area contributed by atoms with Crippen molar-refractivity contribution in [2.24, 2.45) is 0 Å². The zero-order valence-electron chi connectivity index (χ0n) is 23.0. The molecular formula is C39H30N2. The number of nitrogens with zero attached hydrogens (tertiary/aromatic N) is 1. The van der Waals surface area contributed by atoms with E-state index in [4.69, 9.17) is 0 Å². The average molecular weight is 527 g/mol. The average Bonchev–Trinajstić information content (AvgIpc) is 3.33. The van der Waals surface area contributed by atoms with Gasteiger partial charge in [-0.3, -0.25) is 0 Å². The molecule has 0 atom stereocenters. The van der Waals surface area contributed by atoms with Gasteiger partial charge in [-0.15, -0.1) is 0 Å². The van der Waals surface area contributed by atoms with Gasteiger partial charge in [0.15, 0.2) is 0 Å². The van der Waals surface area contributed by atoms with Crippen LogP contribution in [0.3, 0.4) is 0 Å². The molecule has 7 aromatic rings. The second-order valence-electron chi connectivity index (χ2n) is 10.5. The Labute approximate surface area is 240 Å². The Morgan fingerprint density at radius 2 is 1.24 bits per heavy atom. The minimum atomic E-state index is 1.05. The third-order valence-electron chi connectivity index (χ3n) is 7.86. The van der Waals surface area contributed by atoms with Crippen molar-refractivity contribution in [1.82, 2.24) is 4.57 Å². The fourth-order valence-corrected chi connectivity index (χ4v) is 5.79. The summed E-state index contributed by atoms with van der Waals surface area (Å²) in [6.45, 7) is 6.44. The molecule has 196 valence electrons. The molecule has 41 heavy (non-hydrogen) atoms. The lowest BCUT2D eigenvalue weighted by Gasteiger charge is -2.10. The van der Waals surface area contributed by atoms with Crippen LogP contribution in [0.25, 0.3) is 55.9 Å². The molecule has 1 heterocycles. The van der Waals surface area contributed by atoms with Crippen LogP contribution in [0.5, 0.6) is 0 Å². The molecule has 2 nitrogen and oxygen atoms in total. The van der Waals surface area contributed by atoms with Crippen LogP contribution >= 0.6 is 0 Å². The van der Waals surface area contributed by atoms with E-state index in [1.54, 1.807) is 0 Å². The molecule has 0 saturated heterocycles. The van der Waals surface area contributed by atoms with E-state index in [-0.39, 0.29) is 0 Å². The van der Waals surface area contributed by atoms with Crippen molar-refractivity contribution >= 4 is 61.5 Å². The number of hydrogen-bond donors (Lipinski definition) is 1. The number of hydrogen-bond acceptors (Lipinski definition) is 1. The molecule has 0 saturated carbocycles. The van der Waals surface area contributed by atoms with E-state index in [1.165, 1.54) is 38.1 Å². The van der Waals surface area contributed by atoms with Crippen molar-refractivity contribution in [3.63, 3.8) is 0 Å². The Balaban J connectivity index is 1.39. The van der Waals surface area contributed by atoms with E-state index < -0.39 is 0 Å². The fraction of sp³-hybridized carbons (Fsp3) is 0.0256. The number of fused-ring (bicyclic) bond motifs is 3. The minimum Gasteiger partial charge on any atom is -0.355 e. The lowest BCUT2D eigenvalue weighted by Crippen LogP contribution is -1.96. The quantitative estimate of drug-likeness (QED) is 0.228. The van der Waals surface area contributed by atoms with Gasteiger partial charge in [0, 0.05) is 28.0 Å². The van der Waals surface area contributed by atoms with Crippen LogP contribution in [0.4, 0.5) is 11.4 Å². The van der Waals surface area contributed by atoms with Crippen LogP contribution < -0.4 is 5.32 Å². The van der Waals surface area contributed by atoms with Crippen LogP contribution in [0.15, 0.2) is 140 Å². The highest BCUT2D eigenvalue weighted by Crippen LogP contribution is 2.36. The van der Waals surface area contributed by atoms with Crippen molar-refractivity contribution < 1.29 is 0 Å². The molecule has 7 rings (SSSR count). The van der Waals surface area contributed by atoms with Crippen molar-refractivity contribution in [1.29, 1.82) is 0 Å². The molecule has 1 aromatic heterocycles. The number of anilines is 2. The first kappa shape index (κ1) is 24.7. The highest BCUT2D eigenvalue weighted by Gasteiger charge is 2.16. The molecule has 0 amide bonds. The number of benzene rings is 6. The Hall–Kier alpha value is -5.34. The van der Waals surface area contributed by atoms with Gasteiger partial charge in [-0.25, -0.2) is 0 Å². The van der Waals surface area contributed by atoms with Crippen molar-refractivity contribution in [2.45, 2.75) is 6.92 Å². The molecule has 6 aromatic carbocycles. The summed E-state index contributed by atoms with van der Waals surface area (Å²) in [5.74, 6) is 0. The first-order valence-electron chi connectivity index (χ1n) is 14.0. The molecule has 0 bridgehead atoms. The Morgan fingerprint density at radius 1 is 0.634 bits per heavy atom. The smallest absolute Gasteiger partial charge is 0.0542 e. The number of para-hydroxylation sites is 1. The first-order valence-corrected chi connectivity index (χ1v) is 14.0. The summed E-state index contributed by atoms with van der Waals surface area (Å²) >= 11 is 0. The summed E-state index contributed by atoms with van der Waals surface area (Å²) in [5, 5.41) is 9.78. The van der Waals surface area contributed by atoms with Gasteiger partial charge >= 0.3 is 0 Å². The summed E-state index contributed by atoms with van der Waals surface area (Å²) < 4.78 is 2.31. The van der Waals surface area contributed by atoms with Gasteiger partial charge in [0.1, 0.15) is 0 Å². The van der Waals surface area contributed by atoms with E-state index >= 15 is 0 Å². The van der Waals surface area contributed by atoms with E-state index in [1.807, 2.05) is 6.08 Å². The maximum atomic E-state index is 4.25. The summed E-state index contributed by atoms with van der Waals surface area (Å²) in [5.41, 5.74) is 9.04. The van der Waals surface area contributed by atoms with Gasteiger partial charge in [0.05, 0.1) is 11.2 Å². The zero-order valence-corrected chi connectivity index (χ0v) is 23.0. The highest BCUT2D eigenvalue weighted by atomic mass is 15.0. The number of aromatic nitrogens is 1. The number of nitrogens with one attached hydrogen (secondary N) is 1. The molecule has 0 spiro atoms. The number of rotatable bonds is 6. The van der Waals surface area contributed by atoms with Crippen LogP contribution in [0, 0.1) is 0 Å². The van der Waals surface area contributed by atoms with Gasteiger partial charge < -0.3 is 9.88 Å². The lowest BCUT2D eigenvalue weighted by molar-refractivity contribution is 1.11. The van der Waals surface area contributed by atoms with Crippen LogP contribution in [0.2, 0.25) is 0 Å². The van der Waals surface area contributed by atoms with Crippen LogP contribution in [0.1, 0.15) is 23.7 Å². The predicted molar refractivity (Wildman–Crippen MR) is 178 cm³/mol. The van der Waals surface area contributed by atoms with Gasteiger partial charge in [0.2, 0.25) is 0 Å². The second kappa shape index (κ2) is 10.3. The molecular weight excluding hydrogens is 496 g/mol. The van der Waals surface area contributed by atoms with Gasteiger partial charge in [-0.05, 0) is 100 Å². The summed E-state index contributed by atoms with van der Waals surface area (Å²) in [4.78, 5) is 0. The Bertz CT molecular complexity index is 2090. The first-order chi connectivity index (χ1) is 20.2. The molecule has 0 aliphatic carbocycles. The SMILES string of the molecule is C=Cc1c(/C=C(\C)c2ccc3ccccc3c2)c2cc(Nc3ccc4ccccc4c3)ccc2n1-c1ccccc1. The van der Waals surface area contributed by atoms with Crippen molar-refractivity contribution in [2.75, 3.05) is 5.32 Å². The summed E-state index contributed by atoms with van der Waals surface area (Å²) in [7, 11) is 0. The monoisotopic (exact) mass is 526 g/mol. The van der Waals surface area contributed by atoms with Crippen LogP contribution in [-0.2, 0) is 0 Å². The van der Waals surface area contributed by atoms with Gasteiger partial charge in [0.25, 0.3) is 0 Å². The molecule has 0 radical (unpaired) electrons. The minimum absolute atomic E-state index is 1.05. The molecule has 0 unspecified atom stereocenters. The fourth-order valence-electron chi connectivity index (χ4n) is 5.79. The Morgan fingerprint density at radius 3 is 1.98 bits per heavy atom. The standard InChI is InChI=1S/C39H30N2/c1-3-38-36(23-27(2)30-18-17-28-11-7-9-13-31(28)24-30)37-26-34(21-22-39(37)41(38)35-15-5-4-6-16-35)40-33-20-19-29-12-8-10-14-32(29)25-33/h3-26,40H,1H2,2H3/b27-23+. The number of allylic oxidation sites excluding steroid dienone is 1. The maximum Gasteiger partial charge on any atom is 0.0542 e. The predicted octanol–water partition coefficient (Wildman–Crippen LogP) is 10.9. The van der Waals surface area contributed by atoms with E-state index in [9.17, 15) is 0 Å². The molecule has 2 heteroatoms. The molecule has 1 N–H and O–H groups in total. The molecule has 0 aliphatic rings. The van der Waals surface area contributed by atoms with Crippen molar-refractivity contribution in [3.8, 4) is 5.69 Å².